The lowest BCUT2D eigenvalue weighted by atomic mass is 9.98. The van der Waals surface area contributed by atoms with Crippen LogP contribution in [0.3, 0.4) is 0 Å². The molecule has 0 spiro atoms. The number of hydrogen-bond donors (Lipinski definition) is 1. The number of aryl methyl sites for hydroxylation is 3. The number of hydrogen-bond acceptors (Lipinski definition) is 5. The summed E-state index contributed by atoms with van der Waals surface area (Å²) in [6, 6.07) is 10.3. The van der Waals surface area contributed by atoms with E-state index >= 15 is 0 Å². The Balaban J connectivity index is 1.48. The van der Waals surface area contributed by atoms with Crippen LogP contribution in [0.2, 0.25) is 0 Å². The number of benzene rings is 2. The van der Waals surface area contributed by atoms with Gasteiger partial charge in [0, 0.05) is 29.8 Å². The molecular weight excluding hydrogens is 396 g/mol. The Morgan fingerprint density at radius 3 is 2.32 bits per heavy atom. The van der Waals surface area contributed by atoms with E-state index in [2.05, 4.69) is 5.32 Å². The van der Waals surface area contributed by atoms with Gasteiger partial charge in [-0.05, 0) is 74.2 Å². The predicted octanol–water partition coefficient (Wildman–Crippen LogP) is 2.89. The highest BCUT2D eigenvalue weighted by atomic mass is 16.5. The van der Waals surface area contributed by atoms with Crippen LogP contribution in [0.15, 0.2) is 36.4 Å². The summed E-state index contributed by atoms with van der Waals surface area (Å²) in [6.07, 6.45) is 1.37. The molecule has 31 heavy (non-hydrogen) atoms. The molecular formula is C24H26N2O5. The van der Waals surface area contributed by atoms with Gasteiger partial charge in [0.2, 0.25) is 11.7 Å². The molecule has 1 fully saturated rings. The lowest BCUT2D eigenvalue weighted by Crippen LogP contribution is -2.31. The highest BCUT2D eigenvalue weighted by Gasteiger charge is 2.22. The van der Waals surface area contributed by atoms with E-state index < -0.39 is 11.9 Å². The number of ketones is 1. The number of Topliss-reactive ketones (excluding diaryl/α,β-unsaturated/α-hetero) is 1. The molecule has 2 amide bonds. The third kappa shape index (κ3) is 5.36. The van der Waals surface area contributed by atoms with Crippen LogP contribution < -0.4 is 10.2 Å². The average molecular weight is 422 g/mol. The molecule has 3 rings (SSSR count). The third-order valence-electron chi connectivity index (χ3n) is 5.41. The zero-order chi connectivity index (χ0) is 22.5. The predicted molar refractivity (Wildman–Crippen MR) is 116 cm³/mol. The molecule has 2 aromatic carbocycles. The van der Waals surface area contributed by atoms with Gasteiger partial charge in [0.25, 0.3) is 5.91 Å². The molecule has 1 aliphatic heterocycles. The van der Waals surface area contributed by atoms with Gasteiger partial charge in [-0.3, -0.25) is 19.2 Å². The maximum absolute atomic E-state index is 12.4. The second-order valence-corrected chi connectivity index (χ2v) is 7.71. The Kier molecular flexibility index (Phi) is 6.84. The number of amides is 2. The van der Waals surface area contributed by atoms with Crippen molar-refractivity contribution in [3.63, 3.8) is 0 Å². The summed E-state index contributed by atoms with van der Waals surface area (Å²) >= 11 is 0. The van der Waals surface area contributed by atoms with Crippen molar-refractivity contribution in [2.45, 2.75) is 33.6 Å². The second-order valence-electron chi connectivity index (χ2n) is 7.71. The molecule has 0 unspecified atom stereocenters. The van der Waals surface area contributed by atoms with Gasteiger partial charge in [-0.2, -0.15) is 0 Å². The molecule has 0 atom stereocenters. The van der Waals surface area contributed by atoms with Crippen LogP contribution in [0.4, 0.5) is 5.69 Å². The number of ether oxygens (including phenoxy) is 1. The monoisotopic (exact) mass is 422 g/mol. The fourth-order valence-electron chi connectivity index (χ4n) is 3.50. The van der Waals surface area contributed by atoms with E-state index in [0.717, 1.165) is 28.8 Å². The topological polar surface area (TPSA) is 92.8 Å². The van der Waals surface area contributed by atoms with E-state index in [0.29, 0.717) is 24.1 Å². The van der Waals surface area contributed by atoms with Gasteiger partial charge in [0.1, 0.15) is 6.54 Å². The summed E-state index contributed by atoms with van der Waals surface area (Å²) in [4.78, 5) is 50.0. The van der Waals surface area contributed by atoms with Crippen LogP contribution >= 0.6 is 0 Å². The van der Waals surface area contributed by atoms with Crippen LogP contribution in [0, 0.1) is 20.8 Å². The zero-order valence-electron chi connectivity index (χ0n) is 18.0. The molecule has 7 nitrogen and oxygen atoms in total. The highest BCUT2D eigenvalue weighted by molar-refractivity contribution is 6.00. The smallest absolute Gasteiger partial charge is 0.325 e. The largest absolute Gasteiger partial charge is 0.456 e. The Morgan fingerprint density at radius 2 is 1.68 bits per heavy atom. The van der Waals surface area contributed by atoms with Gasteiger partial charge in [-0.15, -0.1) is 0 Å². The van der Waals surface area contributed by atoms with Crippen LogP contribution in [0.25, 0.3) is 0 Å². The molecule has 7 heteroatoms. The maximum atomic E-state index is 12.4. The Hall–Kier alpha value is -3.48. The van der Waals surface area contributed by atoms with Gasteiger partial charge in [0.15, 0.2) is 6.61 Å². The molecule has 1 aliphatic rings. The summed E-state index contributed by atoms with van der Waals surface area (Å²) in [5.41, 5.74) is 4.55. The van der Waals surface area contributed by atoms with Gasteiger partial charge in [-0.25, -0.2) is 0 Å². The molecule has 0 aromatic heterocycles. The fourth-order valence-corrected chi connectivity index (χ4v) is 3.50. The van der Waals surface area contributed by atoms with Crippen LogP contribution in [-0.4, -0.2) is 43.3 Å². The fraction of sp³-hybridized carbons (Fsp3) is 0.333. The summed E-state index contributed by atoms with van der Waals surface area (Å²) < 4.78 is 5.02. The first kappa shape index (κ1) is 22.2. The van der Waals surface area contributed by atoms with E-state index in [4.69, 9.17) is 4.74 Å². The van der Waals surface area contributed by atoms with E-state index in [1.807, 2.05) is 26.8 Å². The number of carbonyl (C=O) groups is 4. The third-order valence-corrected chi connectivity index (χ3v) is 5.41. The van der Waals surface area contributed by atoms with Crippen molar-refractivity contribution < 1.29 is 23.9 Å². The minimum Gasteiger partial charge on any atom is -0.456 e. The number of carbonyl (C=O) groups excluding carboxylic acids is 4. The van der Waals surface area contributed by atoms with E-state index in [1.165, 1.54) is 0 Å². The van der Waals surface area contributed by atoms with Crippen LogP contribution in [0.5, 0.6) is 0 Å². The minimum atomic E-state index is -0.692. The molecule has 0 bridgehead atoms. The summed E-state index contributed by atoms with van der Waals surface area (Å²) in [5, 5.41) is 2.48. The number of anilines is 1. The van der Waals surface area contributed by atoms with Crippen molar-refractivity contribution in [2.75, 3.05) is 24.6 Å². The van der Waals surface area contributed by atoms with Gasteiger partial charge in [0.05, 0.1) is 0 Å². The van der Waals surface area contributed by atoms with Gasteiger partial charge >= 0.3 is 5.97 Å². The molecule has 2 aromatic rings. The first-order valence-electron chi connectivity index (χ1n) is 10.2. The Bertz CT molecular complexity index is 1030. The van der Waals surface area contributed by atoms with Crippen molar-refractivity contribution in [1.82, 2.24) is 5.32 Å². The maximum Gasteiger partial charge on any atom is 0.325 e. The van der Waals surface area contributed by atoms with Crippen LogP contribution in [0.1, 0.15) is 50.2 Å². The standard InChI is InChI=1S/C24H26N2O5/c1-15-11-17(3)20(12-16(15)2)21(27)14-31-23(29)13-25-24(30)18-6-8-19(9-7-18)26-10-4-5-22(26)28/h6-9,11-12H,4-5,10,13-14H2,1-3H3,(H,25,30). The van der Waals surface area contributed by atoms with Crippen molar-refractivity contribution in [2.24, 2.45) is 0 Å². The van der Waals surface area contributed by atoms with Crippen molar-refractivity contribution in [3.05, 3.63) is 64.2 Å². The van der Waals surface area contributed by atoms with Crippen molar-refractivity contribution >= 4 is 29.3 Å². The normalized spacial score (nSPS) is 13.3. The summed E-state index contributed by atoms with van der Waals surface area (Å²) in [7, 11) is 0. The van der Waals surface area contributed by atoms with E-state index in [-0.39, 0.29) is 24.8 Å². The first-order chi connectivity index (χ1) is 14.8. The molecule has 0 aliphatic carbocycles. The molecule has 0 radical (unpaired) electrons. The number of esters is 1. The molecule has 1 saturated heterocycles. The Labute approximate surface area is 181 Å². The van der Waals surface area contributed by atoms with Crippen molar-refractivity contribution in [1.29, 1.82) is 0 Å². The van der Waals surface area contributed by atoms with Gasteiger partial charge < -0.3 is 15.0 Å². The van der Waals surface area contributed by atoms with E-state index in [9.17, 15) is 19.2 Å². The molecule has 162 valence electrons. The molecule has 1 heterocycles. The second kappa shape index (κ2) is 9.55. The van der Waals surface area contributed by atoms with Crippen molar-refractivity contribution in [3.8, 4) is 0 Å². The number of rotatable bonds is 7. The summed E-state index contributed by atoms with van der Waals surface area (Å²) in [6.45, 7) is 5.69. The average Bonchev–Trinajstić information content (AvgIpc) is 3.18. The highest BCUT2D eigenvalue weighted by Crippen LogP contribution is 2.21. The van der Waals surface area contributed by atoms with Crippen LogP contribution in [-0.2, 0) is 14.3 Å². The lowest BCUT2D eigenvalue weighted by molar-refractivity contribution is -0.141. The first-order valence-corrected chi connectivity index (χ1v) is 10.2. The minimum absolute atomic E-state index is 0.0745. The lowest BCUT2D eigenvalue weighted by Gasteiger charge is -2.15. The van der Waals surface area contributed by atoms with E-state index in [1.54, 1.807) is 35.2 Å². The Morgan fingerprint density at radius 1 is 1.00 bits per heavy atom. The quantitative estimate of drug-likeness (QED) is 0.547. The number of nitrogens with zero attached hydrogens (tertiary/aromatic N) is 1. The molecule has 0 saturated carbocycles. The zero-order valence-corrected chi connectivity index (χ0v) is 18.0. The SMILES string of the molecule is Cc1cc(C)c(C(=O)COC(=O)CNC(=O)c2ccc(N3CCCC3=O)cc2)cc1C. The summed E-state index contributed by atoms with van der Waals surface area (Å²) in [5.74, 6) is -1.34. The molecule has 1 N–H and O–H groups in total. The van der Waals surface area contributed by atoms with Gasteiger partial charge in [-0.1, -0.05) is 6.07 Å². The number of nitrogens with one attached hydrogen (secondary N) is 1.